The van der Waals surface area contributed by atoms with Crippen LogP contribution in [-0.2, 0) is 14.2 Å². The number of hydrogen-bond donors (Lipinski definition) is 6. The van der Waals surface area contributed by atoms with Crippen LogP contribution >= 0.6 is 11.6 Å². The number of guanidine groups is 1. The first kappa shape index (κ1) is 28.1. The molecule has 0 bridgehead atoms. The molecule has 2 rings (SSSR count). The first-order valence-electron chi connectivity index (χ1n) is 11.4. The fourth-order valence-electron chi connectivity index (χ4n) is 3.19. The quantitative estimate of drug-likeness (QED) is 0.127. The zero-order valence-electron chi connectivity index (χ0n) is 19.7. The second-order valence-electron chi connectivity index (χ2n) is 7.96. The number of aliphatic hydroxyl groups is 1. The average Bonchev–Trinajstić information content (AvgIpc) is 2.79. The summed E-state index contributed by atoms with van der Waals surface area (Å²) in [4.78, 5) is 20.1. The molecule has 0 spiro atoms. The lowest BCUT2D eigenvalue weighted by Gasteiger charge is -2.32. The minimum absolute atomic E-state index is 0.0352. The van der Waals surface area contributed by atoms with Crippen LogP contribution in [0.25, 0.3) is 0 Å². The number of carbonyl (C=O) groups excluding carboxylic acids is 1. The average molecular weight is 502 g/mol. The van der Waals surface area contributed by atoms with Crippen molar-refractivity contribution in [2.24, 2.45) is 0 Å². The lowest BCUT2D eigenvalue weighted by Crippen LogP contribution is -2.48. The maximum absolute atomic E-state index is 12.2. The van der Waals surface area contributed by atoms with E-state index in [1.807, 2.05) is 6.92 Å². The second kappa shape index (κ2) is 15.0. The Morgan fingerprint density at radius 1 is 1.26 bits per heavy atom. The summed E-state index contributed by atoms with van der Waals surface area (Å²) in [6, 6.07) is 0. The molecule has 0 aliphatic carbocycles. The molecule has 1 aromatic rings. The van der Waals surface area contributed by atoms with Gasteiger partial charge in [0.25, 0.3) is 5.91 Å². The van der Waals surface area contributed by atoms with E-state index in [1.54, 1.807) is 6.92 Å². The topological polar surface area (TPSA) is 177 Å². The Kier molecular flexibility index (Phi) is 12.4. The van der Waals surface area contributed by atoms with Crippen molar-refractivity contribution in [3.05, 3.63) is 16.5 Å². The Morgan fingerprint density at radius 2 is 2.03 bits per heavy atom. The van der Waals surface area contributed by atoms with Crippen LogP contribution in [0.5, 0.6) is 0 Å². The molecule has 2 heterocycles. The monoisotopic (exact) mass is 501 g/mol. The van der Waals surface area contributed by atoms with Crippen LogP contribution < -0.4 is 21.7 Å². The molecule has 0 radical (unpaired) electrons. The van der Waals surface area contributed by atoms with E-state index in [4.69, 9.17) is 37.0 Å². The summed E-state index contributed by atoms with van der Waals surface area (Å²) in [5.74, 6) is -0.805. The number of aryl methyl sites for hydroxylation is 1. The number of rotatable bonds is 13. The molecule has 7 N–H and O–H groups in total. The second-order valence-corrected chi connectivity index (χ2v) is 8.32. The van der Waals surface area contributed by atoms with E-state index >= 15 is 0 Å². The number of nitrogens with two attached hydrogens (primary N) is 1. The SMILES string of the molecule is Cc1nc(N)c(C(=O)NC(=N)NCCCCCCOCCNC[C@@H]2O[C@H](C)OC[C@H]2O)nc1Cl. The number of nitrogens with zero attached hydrogens (tertiary/aromatic N) is 2. The molecule has 1 aliphatic rings. The Balaban J connectivity index is 1.43. The van der Waals surface area contributed by atoms with E-state index < -0.39 is 12.0 Å². The van der Waals surface area contributed by atoms with E-state index in [2.05, 4.69) is 25.9 Å². The van der Waals surface area contributed by atoms with Gasteiger partial charge in [-0.25, -0.2) is 9.97 Å². The summed E-state index contributed by atoms with van der Waals surface area (Å²) in [6.07, 6.45) is 2.60. The van der Waals surface area contributed by atoms with Crippen LogP contribution in [0.4, 0.5) is 5.82 Å². The van der Waals surface area contributed by atoms with Crippen LogP contribution in [0, 0.1) is 12.3 Å². The number of halogens is 1. The number of ether oxygens (including phenoxy) is 3. The van der Waals surface area contributed by atoms with Crippen molar-refractivity contribution in [2.45, 2.75) is 58.0 Å². The highest BCUT2D eigenvalue weighted by Crippen LogP contribution is 2.14. The van der Waals surface area contributed by atoms with Gasteiger partial charge in [-0.15, -0.1) is 0 Å². The molecule has 1 saturated heterocycles. The number of nitrogen functional groups attached to an aromatic ring is 1. The molecule has 1 amide bonds. The summed E-state index contributed by atoms with van der Waals surface area (Å²) >= 11 is 5.88. The summed E-state index contributed by atoms with van der Waals surface area (Å²) in [5, 5.41) is 26.2. The van der Waals surface area contributed by atoms with Crippen molar-refractivity contribution in [3.8, 4) is 0 Å². The van der Waals surface area contributed by atoms with Gasteiger partial charge < -0.3 is 35.7 Å². The highest BCUT2D eigenvalue weighted by atomic mass is 35.5. The Hall–Kier alpha value is -2.09. The predicted molar refractivity (Wildman–Crippen MR) is 128 cm³/mol. The standard InChI is InChI=1S/C21H36ClN7O5/c1-13-18(22)28-17(19(23)27-13)20(31)29-21(24)26-7-5-3-4-6-9-32-10-8-25-11-16-15(30)12-33-14(2)34-16/h14-16,25,30H,3-12H2,1-2H3,(H2,23,27)(H3,24,26,29,31)/t14-,15-,16+/m1/s1. The van der Waals surface area contributed by atoms with Crippen molar-refractivity contribution in [1.29, 1.82) is 5.41 Å². The van der Waals surface area contributed by atoms with Crippen LogP contribution in [0.2, 0.25) is 5.15 Å². The van der Waals surface area contributed by atoms with E-state index in [9.17, 15) is 9.90 Å². The number of carbonyl (C=O) groups is 1. The van der Waals surface area contributed by atoms with Crippen molar-refractivity contribution in [1.82, 2.24) is 25.9 Å². The lowest BCUT2D eigenvalue weighted by atomic mass is 10.2. The first-order valence-corrected chi connectivity index (χ1v) is 11.8. The molecule has 34 heavy (non-hydrogen) atoms. The molecular formula is C21H36ClN7O5. The van der Waals surface area contributed by atoms with E-state index in [0.29, 0.717) is 45.1 Å². The third kappa shape index (κ3) is 10.0. The molecule has 0 saturated carbocycles. The van der Waals surface area contributed by atoms with Gasteiger partial charge in [-0.1, -0.05) is 24.4 Å². The zero-order valence-corrected chi connectivity index (χ0v) is 20.5. The van der Waals surface area contributed by atoms with Crippen molar-refractivity contribution >= 4 is 29.3 Å². The largest absolute Gasteiger partial charge is 0.388 e. The molecule has 1 aromatic heterocycles. The van der Waals surface area contributed by atoms with Gasteiger partial charge in [0.05, 0.1) is 18.9 Å². The Labute approximate surface area is 204 Å². The molecule has 1 aliphatic heterocycles. The third-order valence-electron chi connectivity index (χ3n) is 5.08. The number of amides is 1. The van der Waals surface area contributed by atoms with Gasteiger partial charge in [-0.2, -0.15) is 0 Å². The third-order valence-corrected chi connectivity index (χ3v) is 5.43. The Morgan fingerprint density at radius 3 is 2.82 bits per heavy atom. The van der Waals surface area contributed by atoms with Gasteiger partial charge in [0.2, 0.25) is 0 Å². The summed E-state index contributed by atoms with van der Waals surface area (Å²) in [5.41, 5.74) is 6.03. The van der Waals surface area contributed by atoms with Gasteiger partial charge >= 0.3 is 0 Å². The minimum atomic E-state index is -0.637. The molecular weight excluding hydrogens is 466 g/mol. The van der Waals surface area contributed by atoms with Gasteiger partial charge in [-0.05, 0) is 26.7 Å². The summed E-state index contributed by atoms with van der Waals surface area (Å²) in [7, 11) is 0. The number of hydrogen-bond acceptors (Lipinski definition) is 10. The number of anilines is 1. The Bertz CT molecular complexity index is 801. The van der Waals surface area contributed by atoms with Gasteiger partial charge in [-0.3, -0.25) is 15.5 Å². The van der Waals surface area contributed by atoms with Crippen LogP contribution in [0.3, 0.4) is 0 Å². The molecule has 192 valence electrons. The molecule has 1 fully saturated rings. The predicted octanol–water partition coefficient (Wildman–Crippen LogP) is 0.564. The zero-order chi connectivity index (χ0) is 24.9. The smallest absolute Gasteiger partial charge is 0.280 e. The van der Waals surface area contributed by atoms with E-state index in [1.165, 1.54) is 0 Å². The van der Waals surface area contributed by atoms with Crippen LogP contribution in [0.15, 0.2) is 0 Å². The van der Waals surface area contributed by atoms with Crippen molar-refractivity contribution in [2.75, 3.05) is 45.2 Å². The molecule has 0 unspecified atom stereocenters. The minimum Gasteiger partial charge on any atom is -0.388 e. The number of aliphatic hydroxyl groups excluding tert-OH is 1. The van der Waals surface area contributed by atoms with Crippen LogP contribution in [0.1, 0.15) is 48.8 Å². The van der Waals surface area contributed by atoms with Gasteiger partial charge in [0.1, 0.15) is 12.2 Å². The first-order chi connectivity index (χ1) is 16.3. The normalized spacial score (nSPS) is 20.2. The molecule has 3 atom stereocenters. The summed E-state index contributed by atoms with van der Waals surface area (Å²) in [6.45, 7) is 6.81. The lowest BCUT2D eigenvalue weighted by molar-refractivity contribution is -0.242. The number of aromatic nitrogens is 2. The highest BCUT2D eigenvalue weighted by Gasteiger charge is 2.27. The fourth-order valence-corrected chi connectivity index (χ4v) is 3.32. The van der Waals surface area contributed by atoms with E-state index in [-0.39, 0.29) is 35.0 Å². The maximum Gasteiger partial charge on any atom is 0.280 e. The summed E-state index contributed by atoms with van der Waals surface area (Å²) < 4.78 is 16.3. The van der Waals surface area contributed by atoms with Crippen LogP contribution in [-0.4, -0.2) is 84.9 Å². The highest BCUT2D eigenvalue weighted by molar-refractivity contribution is 6.30. The number of nitrogens with one attached hydrogen (secondary N) is 4. The van der Waals surface area contributed by atoms with E-state index in [0.717, 1.165) is 25.7 Å². The molecule has 0 aromatic carbocycles. The van der Waals surface area contributed by atoms with Gasteiger partial charge in [0, 0.05) is 26.2 Å². The maximum atomic E-state index is 12.2. The van der Waals surface area contributed by atoms with Crippen molar-refractivity contribution in [3.63, 3.8) is 0 Å². The fraction of sp³-hybridized carbons (Fsp3) is 0.714. The van der Waals surface area contributed by atoms with Crippen molar-refractivity contribution < 1.29 is 24.1 Å². The number of unbranched alkanes of at least 4 members (excludes halogenated alkanes) is 3. The molecule has 12 nitrogen and oxygen atoms in total. The van der Waals surface area contributed by atoms with Gasteiger partial charge in [0.15, 0.2) is 28.9 Å². The molecule has 13 heteroatoms.